The average Bonchev–Trinajstić information content (AvgIpc) is 3.98. The number of hydrogen-bond donors (Lipinski definition) is 0. The van der Waals surface area contributed by atoms with Crippen molar-refractivity contribution in [1.29, 1.82) is 0 Å². The van der Waals surface area contributed by atoms with Crippen molar-refractivity contribution in [2.45, 2.75) is 0 Å². The highest BCUT2D eigenvalue weighted by molar-refractivity contribution is 7.13. The summed E-state index contributed by atoms with van der Waals surface area (Å²) in [5.41, 5.74) is 4.13. The minimum Gasteiger partial charge on any atom is -0.276 e. The minimum absolute atomic E-state index is 0.331. The highest BCUT2D eigenvalue weighted by Crippen LogP contribution is 2.25. The molecule has 8 aromatic heterocycles. The molecule has 0 aliphatic rings. The van der Waals surface area contributed by atoms with Crippen molar-refractivity contribution >= 4 is 62.6 Å². The van der Waals surface area contributed by atoms with Crippen molar-refractivity contribution in [3.05, 3.63) is 143 Å². The summed E-state index contributed by atoms with van der Waals surface area (Å²) >= 11 is 11.9. The van der Waals surface area contributed by atoms with Gasteiger partial charge in [-0.15, -0.1) is 45.3 Å². The van der Waals surface area contributed by atoms with Crippen molar-refractivity contribution in [2.24, 2.45) is 0 Å². The second-order valence-corrected chi connectivity index (χ2v) is 12.8. The Morgan fingerprint density at radius 3 is 1.42 bits per heavy atom. The van der Waals surface area contributed by atoms with E-state index in [0.29, 0.717) is 10.7 Å². The van der Waals surface area contributed by atoms with Gasteiger partial charge in [-0.3, -0.25) is 15.0 Å². The molecule has 10 nitrogen and oxygen atoms in total. The summed E-state index contributed by atoms with van der Waals surface area (Å²) in [6.45, 7) is 6.83. The molecule has 0 saturated heterocycles. The Kier molecular flexibility index (Phi) is 12.9. The largest absolute Gasteiger partial charge is 0.276 e. The van der Waals surface area contributed by atoms with Crippen LogP contribution < -0.4 is 0 Å². The van der Waals surface area contributed by atoms with Crippen LogP contribution >= 0.6 is 56.9 Å². The number of rotatable bonds is 4. The van der Waals surface area contributed by atoms with Gasteiger partial charge in [-0.2, -0.15) is 0 Å². The van der Waals surface area contributed by atoms with Crippen LogP contribution in [0.3, 0.4) is 0 Å². The van der Waals surface area contributed by atoms with Gasteiger partial charge in [-0.05, 0) is 18.2 Å². The smallest absolute Gasteiger partial charge is 0.205 e. The maximum absolute atomic E-state index is 12.7. The molecule has 0 unspecified atom stereocenters. The van der Waals surface area contributed by atoms with Crippen LogP contribution in [-0.2, 0) is 0 Å². The van der Waals surface area contributed by atoms with E-state index in [-0.39, 0.29) is 5.82 Å². The zero-order chi connectivity index (χ0) is 33.4. The zero-order valence-electron chi connectivity index (χ0n) is 24.4. The molecular weight excluding hydrogens is 707 g/mol. The zero-order valence-corrected chi connectivity index (χ0v) is 28.4. The van der Waals surface area contributed by atoms with Crippen molar-refractivity contribution in [2.75, 3.05) is 0 Å². The molecular formula is C32H20ClFN10S4. The van der Waals surface area contributed by atoms with E-state index in [1.807, 2.05) is 27.6 Å². The Morgan fingerprint density at radius 1 is 0.521 bits per heavy atom. The van der Waals surface area contributed by atoms with Crippen LogP contribution in [0.15, 0.2) is 120 Å². The van der Waals surface area contributed by atoms with Crippen LogP contribution in [0, 0.1) is 12.4 Å². The highest BCUT2D eigenvalue weighted by Gasteiger charge is 2.03. The van der Waals surface area contributed by atoms with E-state index >= 15 is 0 Å². The van der Waals surface area contributed by atoms with E-state index in [0.717, 1.165) is 42.3 Å². The lowest BCUT2D eigenvalue weighted by Crippen LogP contribution is -1.81. The molecule has 0 amide bonds. The predicted molar refractivity (Wildman–Crippen MR) is 190 cm³/mol. The van der Waals surface area contributed by atoms with Gasteiger partial charge in [-0.25, -0.2) is 39.1 Å². The van der Waals surface area contributed by atoms with E-state index in [2.05, 4.69) is 49.7 Å². The Balaban J connectivity index is 0.000000125. The van der Waals surface area contributed by atoms with Crippen LogP contribution in [0.1, 0.15) is 0 Å². The number of pyridine rings is 3. The molecule has 0 saturated carbocycles. The number of thiazole rings is 4. The van der Waals surface area contributed by atoms with E-state index in [1.165, 1.54) is 29.9 Å². The molecule has 0 atom stereocenters. The first-order valence-corrected chi connectivity index (χ1v) is 17.4. The van der Waals surface area contributed by atoms with Gasteiger partial charge in [0.25, 0.3) is 0 Å². The summed E-state index contributed by atoms with van der Waals surface area (Å²) in [4.78, 5) is 39.2. The minimum atomic E-state index is -0.331. The van der Waals surface area contributed by atoms with Gasteiger partial charge in [-0.1, -0.05) is 11.6 Å². The number of nitrogens with zero attached hydrogens (tertiary/aromatic N) is 10. The quantitative estimate of drug-likeness (QED) is 0.163. The van der Waals surface area contributed by atoms with Crippen molar-refractivity contribution < 1.29 is 4.39 Å². The number of hydrogen-bond acceptors (Lipinski definition) is 13. The molecule has 8 heterocycles. The van der Waals surface area contributed by atoms with Gasteiger partial charge in [0.2, 0.25) is 5.69 Å². The summed E-state index contributed by atoms with van der Waals surface area (Å²) in [7, 11) is 0. The summed E-state index contributed by atoms with van der Waals surface area (Å²) in [6.07, 6.45) is 21.4. The second-order valence-electron chi connectivity index (χ2n) is 8.80. The highest BCUT2D eigenvalue weighted by atomic mass is 35.5. The maximum atomic E-state index is 12.7. The van der Waals surface area contributed by atoms with E-state index in [1.54, 1.807) is 108 Å². The Labute approximate surface area is 295 Å². The molecule has 0 fully saturated rings. The molecule has 8 aromatic rings. The Bertz CT molecular complexity index is 2050. The lowest BCUT2D eigenvalue weighted by atomic mass is 10.3. The summed E-state index contributed by atoms with van der Waals surface area (Å²) in [6, 6.07) is 5.07. The Morgan fingerprint density at radius 2 is 0.958 bits per heavy atom. The second kappa shape index (κ2) is 18.2. The standard InChI is InChI=1S/C9H5N3S.C8H5ClN2S.C8H5FN2S.C7H5N3S/c1-10-8-4-7(5-11-6-8)9-12-2-3-13-9;2*9-7-3-6(4-10-5-7)8-11-1-2-12-8;1-2-11-7(10-1)6-3-8-5-9-4-6/h2-6H;2*1-5H;1-5H. The summed E-state index contributed by atoms with van der Waals surface area (Å²) in [5.74, 6) is -0.331. The molecule has 0 aromatic carbocycles. The number of aromatic nitrogens is 9. The molecule has 16 heteroatoms. The lowest BCUT2D eigenvalue weighted by Gasteiger charge is -1.94. The molecule has 48 heavy (non-hydrogen) atoms. The van der Waals surface area contributed by atoms with Crippen LogP contribution in [-0.4, -0.2) is 44.9 Å². The van der Waals surface area contributed by atoms with Gasteiger partial charge in [0.05, 0.1) is 17.8 Å². The molecule has 236 valence electrons. The molecule has 0 N–H and O–H groups in total. The van der Waals surface area contributed by atoms with Gasteiger partial charge in [0, 0.05) is 112 Å². The normalized spacial score (nSPS) is 9.85. The Hall–Kier alpha value is -5.24. The molecule has 8 rings (SSSR count). The van der Waals surface area contributed by atoms with Crippen LogP contribution in [0.25, 0.3) is 47.1 Å². The fourth-order valence-electron chi connectivity index (χ4n) is 3.54. The predicted octanol–water partition coefficient (Wildman–Crippen LogP) is 9.56. The third-order valence-corrected chi connectivity index (χ3v) is 9.04. The SMILES string of the molecule is Clc1cncc(-c2nccs2)c1.Fc1cncc(-c2nccs2)c1.[C-]#[N+]c1cncc(-c2nccs2)c1.c1ncc(-c2nccs2)cn1. The van der Waals surface area contributed by atoms with Crippen LogP contribution in [0.2, 0.25) is 5.02 Å². The van der Waals surface area contributed by atoms with Crippen molar-refractivity contribution in [3.63, 3.8) is 0 Å². The molecule has 0 aliphatic carbocycles. The van der Waals surface area contributed by atoms with Crippen molar-refractivity contribution in [1.82, 2.24) is 44.9 Å². The van der Waals surface area contributed by atoms with Gasteiger partial charge in [0.15, 0.2) is 0 Å². The van der Waals surface area contributed by atoms with E-state index in [4.69, 9.17) is 18.2 Å². The van der Waals surface area contributed by atoms with Gasteiger partial charge >= 0.3 is 0 Å². The lowest BCUT2D eigenvalue weighted by molar-refractivity contribution is 0.622. The number of halogens is 2. The fourth-order valence-corrected chi connectivity index (χ4v) is 6.18. The topological polar surface area (TPSA) is 120 Å². The first-order valence-electron chi connectivity index (χ1n) is 13.5. The molecule has 0 bridgehead atoms. The molecule has 0 spiro atoms. The summed E-state index contributed by atoms with van der Waals surface area (Å²) < 4.78 is 12.7. The molecule has 0 radical (unpaired) electrons. The van der Waals surface area contributed by atoms with Gasteiger partial charge < -0.3 is 0 Å². The maximum Gasteiger partial charge on any atom is 0.205 e. The van der Waals surface area contributed by atoms with Crippen LogP contribution in [0.4, 0.5) is 10.1 Å². The van der Waals surface area contributed by atoms with E-state index < -0.39 is 0 Å². The molecule has 0 aliphatic heterocycles. The van der Waals surface area contributed by atoms with Crippen LogP contribution in [0.5, 0.6) is 0 Å². The first-order chi connectivity index (χ1) is 23.6. The monoisotopic (exact) mass is 726 g/mol. The van der Waals surface area contributed by atoms with E-state index in [9.17, 15) is 4.39 Å². The fraction of sp³-hybridized carbons (Fsp3) is 0. The first kappa shape index (κ1) is 34.1. The van der Waals surface area contributed by atoms with Gasteiger partial charge in [0.1, 0.15) is 32.2 Å². The average molecular weight is 727 g/mol. The summed E-state index contributed by atoms with van der Waals surface area (Å²) in [5, 5.41) is 11.9. The third kappa shape index (κ3) is 10.4. The third-order valence-electron chi connectivity index (χ3n) is 5.54. The van der Waals surface area contributed by atoms with Crippen molar-refractivity contribution in [3.8, 4) is 42.3 Å².